The summed E-state index contributed by atoms with van der Waals surface area (Å²) < 4.78 is 14.4. The van der Waals surface area contributed by atoms with Crippen molar-refractivity contribution in [1.82, 2.24) is 0 Å². The number of benzene rings is 2. The first-order chi connectivity index (χ1) is 9.38. The van der Waals surface area contributed by atoms with Gasteiger partial charge < -0.3 is 5.32 Å². The van der Waals surface area contributed by atoms with E-state index in [2.05, 4.69) is 21.2 Å². The lowest BCUT2D eigenvalue weighted by Gasteiger charge is -2.18. The van der Waals surface area contributed by atoms with Gasteiger partial charge in [0.25, 0.3) is 0 Å². The van der Waals surface area contributed by atoms with E-state index >= 15 is 0 Å². The molecule has 1 unspecified atom stereocenters. The molecule has 0 amide bonds. The fourth-order valence-corrected chi connectivity index (χ4v) is 3.06. The summed E-state index contributed by atoms with van der Waals surface area (Å²) in [4.78, 5) is 0. The monoisotopic (exact) mass is 395 g/mol. The van der Waals surface area contributed by atoms with Gasteiger partial charge in [-0.3, -0.25) is 0 Å². The standard InChI is InChI=1S/C14H10BrCl3FN/c1-7(9-5-13(19)11(17)6-10(9)16)20-14-3-2-8(15)4-12(14)18/h2-7,20H,1H3. The average molecular weight is 398 g/mol. The van der Waals surface area contributed by atoms with E-state index in [-0.39, 0.29) is 11.1 Å². The second-order valence-electron chi connectivity index (χ2n) is 4.28. The topological polar surface area (TPSA) is 12.0 Å². The normalized spacial score (nSPS) is 12.3. The number of halogens is 5. The van der Waals surface area contributed by atoms with E-state index in [4.69, 9.17) is 34.8 Å². The minimum absolute atomic E-state index is 0.00706. The summed E-state index contributed by atoms with van der Waals surface area (Å²) in [5.41, 5.74) is 1.36. The Labute approximate surface area is 140 Å². The highest BCUT2D eigenvalue weighted by molar-refractivity contribution is 9.10. The molecule has 106 valence electrons. The maximum absolute atomic E-state index is 13.5. The summed E-state index contributed by atoms with van der Waals surface area (Å²) in [6, 6.07) is 7.99. The molecule has 0 aromatic heterocycles. The predicted octanol–water partition coefficient (Wildman–Crippen LogP) is 6.72. The maximum atomic E-state index is 13.5. The van der Waals surface area contributed by atoms with Crippen molar-refractivity contribution in [2.75, 3.05) is 5.32 Å². The van der Waals surface area contributed by atoms with Crippen LogP contribution in [0.1, 0.15) is 18.5 Å². The number of anilines is 1. The van der Waals surface area contributed by atoms with Crippen molar-refractivity contribution in [1.29, 1.82) is 0 Å². The summed E-state index contributed by atoms with van der Waals surface area (Å²) in [6.45, 7) is 1.87. The number of hydrogen-bond acceptors (Lipinski definition) is 1. The Kier molecular flexibility index (Phi) is 5.19. The second kappa shape index (κ2) is 6.52. The fourth-order valence-electron chi connectivity index (χ4n) is 1.79. The van der Waals surface area contributed by atoms with E-state index in [0.29, 0.717) is 15.6 Å². The van der Waals surface area contributed by atoms with Gasteiger partial charge in [0.1, 0.15) is 5.82 Å². The van der Waals surface area contributed by atoms with Crippen molar-refractivity contribution in [3.8, 4) is 0 Å². The van der Waals surface area contributed by atoms with E-state index in [1.807, 2.05) is 19.1 Å². The molecule has 6 heteroatoms. The molecule has 1 nitrogen and oxygen atoms in total. The Hall–Kier alpha value is -0.480. The molecular weight excluding hydrogens is 387 g/mol. The molecule has 20 heavy (non-hydrogen) atoms. The van der Waals surface area contributed by atoms with Crippen molar-refractivity contribution in [3.63, 3.8) is 0 Å². The molecular formula is C14H10BrCl3FN. The molecule has 2 aromatic rings. The molecule has 1 N–H and O–H groups in total. The largest absolute Gasteiger partial charge is 0.377 e. The zero-order chi connectivity index (χ0) is 14.9. The Morgan fingerprint density at radius 3 is 2.40 bits per heavy atom. The van der Waals surface area contributed by atoms with Crippen LogP contribution in [0.4, 0.5) is 10.1 Å². The van der Waals surface area contributed by atoms with Crippen molar-refractivity contribution in [2.45, 2.75) is 13.0 Å². The van der Waals surface area contributed by atoms with Crippen LogP contribution in [0.3, 0.4) is 0 Å². The lowest BCUT2D eigenvalue weighted by atomic mass is 10.1. The molecule has 2 aromatic carbocycles. The zero-order valence-electron chi connectivity index (χ0n) is 10.4. The molecule has 1 atom stereocenters. The van der Waals surface area contributed by atoms with Crippen LogP contribution in [0, 0.1) is 5.82 Å². The minimum Gasteiger partial charge on any atom is -0.377 e. The van der Waals surface area contributed by atoms with Crippen LogP contribution in [0.15, 0.2) is 34.8 Å². The van der Waals surface area contributed by atoms with Crippen molar-refractivity contribution >= 4 is 56.4 Å². The Bertz CT molecular complexity index is 649. The smallest absolute Gasteiger partial charge is 0.142 e. The number of hydrogen-bond donors (Lipinski definition) is 1. The molecule has 0 radical (unpaired) electrons. The molecule has 0 aliphatic heterocycles. The van der Waals surface area contributed by atoms with Crippen LogP contribution in [-0.4, -0.2) is 0 Å². The molecule has 0 aliphatic rings. The van der Waals surface area contributed by atoms with Gasteiger partial charge in [-0.05, 0) is 42.8 Å². The second-order valence-corrected chi connectivity index (χ2v) is 6.42. The van der Waals surface area contributed by atoms with Crippen LogP contribution >= 0.6 is 50.7 Å². The predicted molar refractivity (Wildman–Crippen MR) is 87.6 cm³/mol. The Morgan fingerprint density at radius 2 is 1.75 bits per heavy atom. The van der Waals surface area contributed by atoms with Crippen LogP contribution in [0.25, 0.3) is 0 Å². The third kappa shape index (κ3) is 3.59. The van der Waals surface area contributed by atoms with E-state index < -0.39 is 5.82 Å². The average Bonchev–Trinajstić information content (AvgIpc) is 2.37. The molecule has 0 spiro atoms. The van der Waals surface area contributed by atoms with Gasteiger partial charge in [-0.15, -0.1) is 0 Å². The minimum atomic E-state index is -0.499. The van der Waals surface area contributed by atoms with Gasteiger partial charge in [-0.25, -0.2) is 4.39 Å². The molecule has 0 saturated carbocycles. The first kappa shape index (κ1) is 15.9. The van der Waals surface area contributed by atoms with Crippen molar-refractivity contribution in [3.05, 3.63) is 61.3 Å². The third-order valence-corrected chi connectivity index (χ3v) is 4.23. The van der Waals surface area contributed by atoms with E-state index in [1.165, 1.54) is 12.1 Å². The van der Waals surface area contributed by atoms with Gasteiger partial charge in [-0.1, -0.05) is 50.7 Å². The Morgan fingerprint density at radius 1 is 1.05 bits per heavy atom. The summed E-state index contributed by atoms with van der Waals surface area (Å²) in [5.74, 6) is -0.499. The Balaban J connectivity index is 2.28. The fraction of sp³-hybridized carbons (Fsp3) is 0.143. The van der Waals surface area contributed by atoms with Crippen molar-refractivity contribution < 1.29 is 4.39 Å². The molecule has 0 saturated heterocycles. The highest BCUT2D eigenvalue weighted by Crippen LogP contribution is 2.33. The summed E-state index contributed by atoms with van der Waals surface area (Å²) >= 11 is 21.3. The molecule has 2 rings (SSSR count). The maximum Gasteiger partial charge on any atom is 0.142 e. The van der Waals surface area contributed by atoms with Crippen LogP contribution in [0.5, 0.6) is 0 Å². The quantitative estimate of drug-likeness (QED) is 0.567. The van der Waals surface area contributed by atoms with Crippen LogP contribution in [0.2, 0.25) is 15.1 Å². The van der Waals surface area contributed by atoms with E-state index in [1.54, 1.807) is 6.07 Å². The van der Waals surface area contributed by atoms with Crippen LogP contribution < -0.4 is 5.32 Å². The van der Waals surface area contributed by atoms with Gasteiger partial charge in [0.2, 0.25) is 0 Å². The molecule has 0 heterocycles. The summed E-state index contributed by atoms with van der Waals surface area (Å²) in [6.07, 6.45) is 0. The first-order valence-corrected chi connectivity index (χ1v) is 7.67. The molecule has 0 aliphatic carbocycles. The van der Waals surface area contributed by atoms with Gasteiger partial charge >= 0.3 is 0 Å². The highest BCUT2D eigenvalue weighted by atomic mass is 79.9. The zero-order valence-corrected chi connectivity index (χ0v) is 14.2. The highest BCUT2D eigenvalue weighted by Gasteiger charge is 2.14. The SMILES string of the molecule is CC(Nc1ccc(Br)cc1Cl)c1cc(F)c(Cl)cc1Cl. The summed E-state index contributed by atoms with van der Waals surface area (Å²) in [7, 11) is 0. The summed E-state index contributed by atoms with van der Waals surface area (Å²) in [5, 5.41) is 4.17. The van der Waals surface area contributed by atoms with E-state index in [0.717, 1.165) is 10.2 Å². The van der Waals surface area contributed by atoms with Crippen LogP contribution in [-0.2, 0) is 0 Å². The lowest BCUT2D eigenvalue weighted by Crippen LogP contribution is -2.08. The van der Waals surface area contributed by atoms with Crippen molar-refractivity contribution in [2.24, 2.45) is 0 Å². The van der Waals surface area contributed by atoms with Gasteiger partial charge in [-0.2, -0.15) is 0 Å². The number of rotatable bonds is 3. The van der Waals surface area contributed by atoms with Gasteiger partial charge in [0, 0.05) is 9.50 Å². The van der Waals surface area contributed by atoms with Gasteiger partial charge in [0.05, 0.1) is 21.8 Å². The lowest BCUT2D eigenvalue weighted by molar-refractivity contribution is 0.624. The first-order valence-electron chi connectivity index (χ1n) is 5.74. The molecule has 0 bridgehead atoms. The number of nitrogens with one attached hydrogen (secondary N) is 1. The third-order valence-electron chi connectivity index (χ3n) is 2.81. The van der Waals surface area contributed by atoms with E-state index in [9.17, 15) is 4.39 Å². The van der Waals surface area contributed by atoms with Gasteiger partial charge in [0.15, 0.2) is 0 Å². The molecule has 0 fully saturated rings.